The minimum atomic E-state index is -0.323. The third-order valence-electron chi connectivity index (χ3n) is 5.29. The van der Waals surface area contributed by atoms with Gasteiger partial charge in [0.2, 0.25) is 0 Å². The summed E-state index contributed by atoms with van der Waals surface area (Å²) >= 11 is 0. The number of anilines is 1. The Kier molecular flexibility index (Phi) is 6.62. The molecule has 4 heteroatoms. The van der Waals surface area contributed by atoms with Crippen molar-refractivity contribution in [1.82, 2.24) is 4.90 Å². The average molecular weight is 368 g/mol. The van der Waals surface area contributed by atoms with E-state index in [1.54, 1.807) is 12.1 Å². The third-order valence-corrected chi connectivity index (χ3v) is 5.29. The summed E-state index contributed by atoms with van der Waals surface area (Å²) in [6.45, 7) is 7.66. The van der Waals surface area contributed by atoms with Gasteiger partial charge in [0.25, 0.3) is 5.91 Å². The third kappa shape index (κ3) is 5.16. The normalized spacial score (nSPS) is 15.9. The van der Waals surface area contributed by atoms with Crippen molar-refractivity contribution in [3.05, 3.63) is 66.0 Å². The Balaban J connectivity index is 1.76. The van der Waals surface area contributed by atoms with Gasteiger partial charge in [-0.3, -0.25) is 4.79 Å². The summed E-state index contributed by atoms with van der Waals surface area (Å²) in [4.78, 5) is 17.7. The molecule has 0 spiro atoms. The predicted octanol–water partition coefficient (Wildman–Crippen LogP) is 4.98. The number of hydrogen-bond donors (Lipinski definition) is 0. The Hall–Kier alpha value is -2.20. The van der Waals surface area contributed by atoms with Gasteiger partial charge in [-0.1, -0.05) is 32.0 Å². The molecule has 3 rings (SSSR count). The lowest BCUT2D eigenvalue weighted by molar-refractivity contribution is 0.0959. The smallest absolute Gasteiger partial charge is 0.258 e. The predicted molar refractivity (Wildman–Crippen MR) is 109 cm³/mol. The Bertz CT molecular complexity index is 722. The van der Waals surface area contributed by atoms with Crippen LogP contribution in [-0.4, -0.2) is 36.5 Å². The number of benzene rings is 2. The van der Waals surface area contributed by atoms with Gasteiger partial charge in [0.05, 0.1) is 0 Å². The monoisotopic (exact) mass is 368 g/mol. The Labute approximate surface area is 161 Å². The number of carbonyl (C=O) groups is 1. The van der Waals surface area contributed by atoms with Crippen LogP contribution >= 0.6 is 0 Å². The van der Waals surface area contributed by atoms with Crippen LogP contribution in [0.25, 0.3) is 0 Å². The molecule has 0 radical (unpaired) electrons. The number of amides is 1. The van der Waals surface area contributed by atoms with Crippen LogP contribution in [0.4, 0.5) is 10.1 Å². The molecular formula is C23H29FN2O. The molecule has 1 amide bonds. The maximum Gasteiger partial charge on any atom is 0.258 e. The SMILES string of the molecule is CC(C)CCN1CCC(N(C(=O)c2ccc(F)cc2)c2ccccc2)CC1. The number of piperidine rings is 1. The van der Waals surface area contributed by atoms with Gasteiger partial charge in [0.15, 0.2) is 0 Å². The van der Waals surface area contributed by atoms with E-state index in [4.69, 9.17) is 0 Å². The molecule has 2 aromatic rings. The van der Waals surface area contributed by atoms with Crippen LogP contribution in [0.2, 0.25) is 0 Å². The second-order valence-corrected chi connectivity index (χ2v) is 7.77. The maximum atomic E-state index is 13.3. The quantitative estimate of drug-likeness (QED) is 0.718. The van der Waals surface area contributed by atoms with Gasteiger partial charge in [-0.2, -0.15) is 0 Å². The van der Waals surface area contributed by atoms with Crippen molar-refractivity contribution in [2.24, 2.45) is 5.92 Å². The van der Waals surface area contributed by atoms with Gasteiger partial charge in [0, 0.05) is 30.4 Å². The van der Waals surface area contributed by atoms with Crippen molar-refractivity contribution in [2.75, 3.05) is 24.5 Å². The molecule has 27 heavy (non-hydrogen) atoms. The number of halogens is 1. The number of carbonyl (C=O) groups excluding carboxylic acids is 1. The molecule has 0 aliphatic carbocycles. The standard InChI is InChI=1S/C23H29FN2O/c1-18(2)12-15-25-16-13-22(14-17-25)26(21-6-4-3-5-7-21)23(27)19-8-10-20(24)11-9-19/h3-11,18,22H,12-17H2,1-2H3. The van der Waals surface area contributed by atoms with Crippen LogP contribution in [0.3, 0.4) is 0 Å². The molecule has 3 nitrogen and oxygen atoms in total. The summed E-state index contributed by atoms with van der Waals surface area (Å²) in [5.74, 6) is 0.335. The summed E-state index contributed by atoms with van der Waals surface area (Å²) in [6.07, 6.45) is 3.13. The number of para-hydroxylation sites is 1. The van der Waals surface area contributed by atoms with Crippen LogP contribution in [0.15, 0.2) is 54.6 Å². The Morgan fingerprint density at radius 2 is 1.70 bits per heavy atom. The lowest BCUT2D eigenvalue weighted by atomic mass is 10.00. The summed E-state index contributed by atoms with van der Waals surface area (Å²) in [7, 11) is 0. The zero-order chi connectivity index (χ0) is 19.2. The van der Waals surface area contributed by atoms with Crippen LogP contribution in [-0.2, 0) is 0 Å². The highest BCUT2D eigenvalue weighted by molar-refractivity contribution is 6.06. The molecule has 1 saturated heterocycles. The van der Waals surface area contributed by atoms with Gasteiger partial charge >= 0.3 is 0 Å². The number of nitrogens with zero attached hydrogens (tertiary/aromatic N) is 2. The molecule has 0 bridgehead atoms. The first-order valence-corrected chi connectivity index (χ1v) is 9.91. The fourth-order valence-electron chi connectivity index (χ4n) is 3.66. The fourth-order valence-corrected chi connectivity index (χ4v) is 3.66. The van der Waals surface area contributed by atoms with E-state index in [0.29, 0.717) is 11.5 Å². The lowest BCUT2D eigenvalue weighted by Crippen LogP contribution is -2.48. The first-order chi connectivity index (χ1) is 13.0. The molecule has 0 N–H and O–H groups in total. The molecule has 1 aliphatic heterocycles. The Morgan fingerprint density at radius 1 is 1.07 bits per heavy atom. The zero-order valence-electron chi connectivity index (χ0n) is 16.3. The van der Waals surface area contributed by atoms with Crippen LogP contribution in [0, 0.1) is 11.7 Å². The topological polar surface area (TPSA) is 23.6 Å². The first kappa shape index (κ1) is 19.6. The molecule has 2 aromatic carbocycles. The molecule has 0 saturated carbocycles. The fraction of sp³-hybridized carbons (Fsp3) is 0.435. The number of likely N-dealkylation sites (tertiary alicyclic amines) is 1. The van der Waals surface area contributed by atoms with Crippen LogP contribution < -0.4 is 4.90 Å². The van der Waals surface area contributed by atoms with Crippen molar-refractivity contribution in [2.45, 2.75) is 39.2 Å². The maximum absolute atomic E-state index is 13.3. The van der Waals surface area contributed by atoms with Crippen molar-refractivity contribution in [1.29, 1.82) is 0 Å². The van der Waals surface area contributed by atoms with Crippen molar-refractivity contribution >= 4 is 11.6 Å². The summed E-state index contributed by atoms with van der Waals surface area (Å²) in [6, 6.07) is 15.8. The summed E-state index contributed by atoms with van der Waals surface area (Å²) in [5, 5.41) is 0. The number of hydrogen-bond acceptors (Lipinski definition) is 2. The number of rotatable bonds is 6. The highest BCUT2D eigenvalue weighted by Crippen LogP contribution is 2.26. The second-order valence-electron chi connectivity index (χ2n) is 7.77. The highest BCUT2D eigenvalue weighted by Gasteiger charge is 2.29. The van der Waals surface area contributed by atoms with Crippen molar-refractivity contribution in [3.8, 4) is 0 Å². The van der Waals surface area contributed by atoms with Crippen LogP contribution in [0.5, 0.6) is 0 Å². The first-order valence-electron chi connectivity index (χ1n) is 9.91. The summed E-state index contributed by atoms with van der Waals surface area (Å²) < 4.78 is 13.3. The van der Waals surface area contributed by atoms with E-state index in [0.717, 1.165) is 38.2 Å². The largest absolute Gasteiger partial charge is 0.305 e. The molecular weight excluding hydrogens is 339 g/mol. The van der Waals surface area contributed by atoms with E-state index in [1.165, 1.54) is 18.6 Å². The highest BCUT2D eigenvalue weighted by atomic mass is 19.1. The van der Waals surface area contributed by atoms with Gasteiger partial charge in [-0.25, -0.2) is 4.39 Å². The summed E-state index contributed by atoms with van der Waals surface area (Å²) in [5.41, 5.74) is 1.44. The molecule has 144 valence electrons. The molecule has 0 aromatic heterocycles. The van der Waals surface area contributed by atoms with Gasteiger partial charge in [0.1, 0.15) is 5.82 Å². The molecule has 1 fully saturated rings. The van der Waals surface area contributed by atoms with Crippen LogP contribution in [0.1, 0.15) is 43.5 Å². The Morgan fingerprint density at radius 3 is 2.30 bits per heavy atom. The molecule has 1 aliphatic rings. The van der Waals surface area contributed by atoms with E-state index in [1.807, 2.05) is 35.2 Å². The second kappa shape index (κ2) is 9.14. The molecule has 0 atom stereocenters. The molecule has 0 unspecified atom stereocenters. The van der Waals surface area contributed by atoms with E-state index >= 15 is 0 Å². The van der Waals surface area contributed by atoms with E-state index in [-0.39, 0.29) is 17.8 Å². The minimum Gasteiger partial charge on any atom is -0.305 e. The zero-order valence-corrected chi connectivity index (χ0v) is 16.3. The van der Waals surface area contributed by atoms with E-state index in [9.17, 15) is 9.18 Å². The minimum absolute atomic E-state index is 0.0539. The lowest BCUT2D eigenvalue weighted by Gasteiger charge is -2.39. The van der Waals surface area contributed by atoms with Crippen molar-refractivity contribution in [3.63, 3.8) is 0 Å². The van der Waals surface area contributed by atoms with E-state index < -0.39 is 0 Å². The van der Waals surface area contributed by atoms with Crippen molar-refractivity contribution < 1.29 is 9.18 Å². The van der Waals surface area contributed by atoms with E-state index in [2.05, 4.69) is 18.7 Å². The molecule has 1 heterocycles. The van der Waals surface area contributed by atoms with Gasteiger partial charge in [-0.15, -0.1) is 0 Å². The van der Waals surface area contributed by atoms with Gasteiger partial charge in [-0.05, 0) is 68.1 Å². The van der Waals surface area contributed by atoms with Gasteiger partial charge < -0.3 is 9.80 Å². The average Bonchev–Trinajstić information content (AvgIpc) is 2.69.